The third kappa shape index (κ3) is 2.93. The number of carbonyl (C=O) groups excluding carboxylic acids is 1. The fourth-order valence-corrected chi connectivity index (χ4v) is 1.66. The number of ether oxygens (including phenoxy) is 1. The van der Waals surface area contributed by atoms with E-state index >= 15 is 0 Å². The molecule has 88 valence electrons. The molecule has 0 saturated heterocycles. The zero-order valence-electron chi connectivity index (χ0n) is 9.38. The van der Waals surface area contributed by atoms with Gasteiger partial charge in [-0.25, -0.2) is 0 Å². The molecule has 0 atom stereocenters. The Balaban J connectivity index is 0.00000162. The van der Waals surface area contributed by atoms with Crippen molar-refractivity contribution < 1.29 is 14.6 Å². The second-order valence-corrected chi connectivity index (χ2v) is 3.55. The van der Waals surface area contributed by atoms with Crippen LogP contribution in [0.15, 0.2) is 48.5 Å². The van der Waals surface area contributed by atoms with Gasteiger partial charge in [-0.15, -0.1) is 0 Å². The summed E-state index contributed by atoms with van der Waals surface area (Å²) in [4.78, 5) is 12.2. The van der Waals surface area contributed by atoms with Crippen molar-refractivity contribution in [2.24, 2.45) is 0 Å². The number of methoxy groups -OCH3 is 1. The van der Waals surface area contributed by atoms with E-state index in [1.54, 1.807) is 36.4 Å². The molecule has 0 aliphatic heterocycles. The van der Waals surface area contributed by atoms with E-state index < -0.39 is 0 Å². The molecule has 0 bridgehead atoms. The second kappa shape index (κ2) is 6.59. The van der Waals surface area contributed by atoms with E-state index in [9.17, 15) is 9.90 Å². The standard InChI is InChI=1S/C14H12O3.Na.H/c1-17-14-11(8-5-9-12(14)15)13(16)10-6-3-2-4-7-10;;/h2-9,15H,1H3;;. The molecule has 4 heteroatoms. The van der Waals surface area contributed by atoms with Crippen molar-refractivity contribution in [1.29, 1.82) is 0 Å². The predicted octanol–water partition coefficient (Wildman–Crippen LogP) is 1.98. The fraction of sp³-hybridized carbons (Fsp3) is 0.0714. The van der Waals surface area contributed by atoms with Gasteiger partial charge in [0, 0.05) is 5.56 Å². The number of hydrogen-bond donors (Lipinski definition) is 1. The first-order chi connectivity index (χ1) is 8.24. The second-order valence-electron chi connectivity index (χ2n) is 3.55. The predicted molar refractivity (Wildman–Crippen MR) is 71.7 cm³/mol. The molecule has 1 N–H and O–H groups in total. The number of ketones is 1. The van der Waals surface area contributed by atoms with E-state index in [0.29, 0.717) is 11.1 Å². The Bertz CT molecular complexity index is 538. The van der Waals surface area contributed by atoms with Gasteiger partial charge in [0.25, 0.3) is 0 Å². The summed E-state index contributed by atoms with van der Waals surface area (Å²) in [5.41, 5.74) is 0.926. The van der Waals surface area contributed by atoms with E-state index in [0.717, 1.165) is 0 Å². The molecular formula is C14H13NaO3. The molecule has 0 saturated carbocycles. The maximum atomic E-state index is 12.2. The Morgan fingerprint density at radius 3 is 2.33 bits per heavy atom. The van der Waals surface area contributed by atoms with E-state index in [1.807, 2.05) is 6.07 Å². The average Bonchev–Trinajstić information content (AvgIpc) is 2.38. The van der Waals surface area contributed by atoms with E-state index in [2.05, 4.69) is 0 Å². The topological polar surface area (TPSA) is 46.5 Å². The molecule has 2 rings (SSSR count). The van der Waals surface area contributed by atoms with Crippen LogP contribution in [0, 0.1) is 0 Å². The molecule has 0 aliphatic rings. The van der Waals surface area contributed by atoms with Crippen LogP contribution in [0.5, 0.6) is 11.5 Å². The Labute approximate surface area is 128 Å². The molecule has 0 aliphatic carbocycles. The summed E-state index contributed by atoms with van der Waals surface area (Å²) >= 11 is 0. The third-order valence-corrected chi connectivity index (χ3v) is 2.48. The van der Waals surface area contributed by atoms with Gasteiger partial charge in [0.05, 0.1) is 12.7 Å². The molecule has 0 spiro atoms. The summed E-state index contributed by atoms with van der Waals surface area (Å²) in [7, 11) is 1.43. The molecule has 0 fully saturated rings. The number of phenols is 1. The summed E-state index contributed by atoms with van der Waals surface area (Å²) in [6, 6.07) is 13.6. The number of hydrogen-bond acceptors (Lipinski definition) is 3. The average molecular weight is 252 g/mol. The first-order valence-corrected chi connectivity index (χ1v) is 5.19. The van der Waals surface area contributed by atoms with Gasteiger partial charge >= 0.3 is 29.6 Å². The van der Waals surface area contributed by atoms with Gasteiger partial charge in [-0.05, 0) is 12.1 Å². The summed E-state index contributed by atoms with van der Waals surface area (Å²) < 4.78 is 5.05. The zero-order valence-corrected chi connectivity index (χ0v) is 9.38. The fourth-order valence-electron chi connectivity index (χ4n) is 1.66. The molecule has 0 amide bonds. The van der Waals surface area contributed by atoms with Crippen molar-refractivity contribution in [1.82, 2.24) is 0 Å². The summed E-state index contributed by atoms with van der Waals surface area (Å²) in [6.45, 7) is 0. The van der Waals surface area contributed by atoms with Crippen LogP contribution in [-0.2, 0) is 0 Å². The number of benzene rings is 2. The minimum atomic E-state index is -0.168. The van der Waals surface area contributed by atoms with Crippen LogP contribution in [0.3, 0.4) is 0 Å². The third-order valence-electron chi connectivity index (χ3n) is 2.48. The first-order valence-electron chi connectivity index (χ1n) is 5.19. The number of para-hydroxylation sites is 1. The number of phenolic OH excluding ortho intramolecular Hbond substituents is 1. The van der Waals surface area contributed by atoms with Crippen molar-refractivity contribution in [2.45, 2.75) is 0 Å². The maximum absolute atomic E-state index is 12.2. The van der Waals surface area contributed by atoms with Crippen molar-refractivity contribution in [2.75, 3.05) is 7.11 Å². The molecule has 0 unspecified atom stereocenters. The molecule has 2 aromatic carbocycles. The van der Waals surface area contributed by atoms with Gasteiger partial charge in [0.1, 0.15) is 0 Å². The van der Waals surface area contributed by atoms with Crippen LogP contribution in [0.1, 0.15) is 15.9 Å². The van der Waals surface area contributed by atoms with Crippen LogP contribution in [0.25, 0.3) is 0 Å². The molecule has 3 nitrogen and oxygen atoms in total. The zero-order chi connectivity index (χ0) is 12.3. The van der Waals surface area contributed by atoms with Crippen molar-refractivity contribution in [3.63, 3.8) is 0 Å². The van der Waals surface area contributed by atoms with Gasteiger partial charge in [-0.2, -0.15) is 0 Å². The quantitative estimate of drug-likeness (QED) is 0.671. The Kier molecular flexibility index (Phi) is 5.41. The van der Waals surface area contributed by atoms with Crippen LogP contribution < -0.4 is 4.74 Å². The van der Waals surface area contributed by atoms with E-state index in [4.69, 9.17) is 4.74 Å². The van der Waals surface area contributed by atoms with Crippen molar-refractivity contribution >= 4 is 35.3 Å². The van der Waals surface area contributed by atoms with Gasteiger partial charge in [-0.1, -0.05) is 36.4 Å². The van der Waals surface area contributed by atoms with Crippen molar-refractivity contribution in [3.05, 3.63) is 59.7 Å². The Morgan fingerprint density at radius 1 is 1.06 bits per heavy atom. The van der Waals surface area contributed by atoms with Crippen LogP contribution in [-0.4, -0.2) is 47.6 Å². The summed E-state index contributed by atoms with van der Waals surface area (Å²) in [5, 5.41) is 9.61. The SMILES string of the molecule is COc1c(O)cccc1C(=O)c1ccccc1.[NaH]. The van der Waals surface area contributed by atoms with Crippen molar-refractivity contribution in [3.8, 4) is 11.5 Å². The number of rotatable bonds is 3. The normalized spacial score (nSPS) is 9.39. The van der Waals surface area contributed by atoms with Gasteiger partial charge < -0.3 is 9.84 Å². The van der Waals surface area contributed by atoms with Crippen LogP contribution in [0.2, 0.25) is 0 Å². The molecule has 18 heavy (non-hydrogen) atoms. The molecule has 0 aromatic heterocycles. The Morgan fingerprint density at radius 2 is 1.72 bits per heavy atom. The minimum absolute atomic E-state index is 0. The van der Waals surface area contributed by atoms with Gasteiger partial charge in [0.15, 0.2) is 17.3 Å². The molecular weight excluding hydrogens is 239 g/mol. The van der Waals surface area contributed by atoms with E-state index in [1.165, 1.54) is 13.2 Å². The first kappa shape index (κ1) is 14.8. The summed E-state index contributed by atoms with van der Waals surface area (Å²) in [6.07, 6.45) is 0. The van der Waals surface area contributed by atoms with E-state index in [-0.39, 0.29) is 46.8 Å². The Hall–Kier alpha value is -1.29. The van der Waals surface area contributed by atoms with Gasteiger partial charge in [0.2, 0.25) is 0 Å². The molecule has 2 aromatic rings. The monoisotopic (exact) mass is 252 g/mol. The van der Waals surface area contributed by atoms with Gasteiger partial charge in [-0.3, -0.25) is 4.79 Å². The summed E-state index contributed by atoms with van der Waals surface area (Å²) in [5.74, 6) is 0.00832. The molecule has 0 heterocycles. The van der Waals surface area contributed by atoms with Crippen LogP contribution >= 0.6 is 0 Å². The molecule has 0 radical (unpaired) electrons. The number of aromatic hydroxyl groups is 1. The van der Waals surface area contributed by atoms with Crippen LogP contribution in [0.4, 0.5) is 0 Å². The number of carbonyl (C=O) groups is 1.